The van der Waals surface area contributed by atoms with Gasteiger partial charge in [0.15, 0.2) is 0 Å². The van der Waals surface area contributed by atoms with Crippen molar-refractivity contribution >= 4 is 5.91 Å². The van der Waals surface area contributed by atoms with Crippen molar-refractivity contribution in [2.45, 2.75) is 52.3 Å². The van der Waals surface area contributed by atoms with Crippen LogP contribution in [0.15, 0.2) is 36.5 Å². The molecule has 1 aromatic heterocycles. The highest BCUT2D eigenvalue weighted by molar-refractivity contribution is 5.97. The molecule has 1 aliphatic rings. The van der Waals surface area contributed by atoms with E-state index >= 15 is 0 Å². The van der Waals surface area contributed by atoms with Crippen LogP contribution in [0.3, 0.4) is 0 Å². The number of aromatic nitrogens is 1. The molecule has 7 heteroatoms. The summed E-state index contributed by atoms with van der Waals surface area (Å²) < 4.78 is 19.6. The highest BCUT2D eigenvalue weighted by atomic mass is 19.1. The molecule has 0 spiro atoms. The lowest BCUT2D eigenvalue weighted by molar-refractivity contribution is 0.0325. The summed E-state index contributed by atoms with van der Waals surface area (Å²) in [4.78, 5) is 21.7. The fourth-order valence-electron chi connectivity index (χ4n) is 3.95. The van der Waals surface area contributed by atoms with Crippen LogP contribution in [0.5, 0.6) is 5.88 Å². The molecular weight excluding hydrogens is 433 g/mol. The highest BCUT2D eigenvalue weighted by Crippen LogP contribution is 2.27. The molecule has 0 aliphatic carbocycles. The van der Waals surface area contributed by atoms with E-state index in [-0.39, 0.29) is 42.3 Å². The zero-order valence-electron chi connectivity index (χ0n) is 20.4. The Labute approximate surface area is 201 Å². The number of benzene rings is 1. The molecule has 1 amide bonds. The molecule has 1 N–H and O–H groups in total. The van der Waals surface area contributed by atoms with E-state index in [1.165, 1.54) is 12.1 Å². The number of halogens is 1. The molecule has 0 saturated carbocycles. The summed E-state index contributed by atoms with van der Waals surface area (Å²) in [5.41, 5.74) is 2.03. The minimum atomic E-state index is -0.340. The lowest BCUT2D eigenvalue weighted by Crippen LogP contribution is -2.49. The Balaban J connectivity index is 1.88. The van der Waals surface area contributed by atoms with E-state index < -0.39 is 0 Å². The number of hydrogen-bond acceptors (Lipinski definition) is 5. The van der Waals surface area contributed by atoms with Crippen molar-refractivity contribution in [3.63, 3.8) is 0 Å². The van der Waals surface area contributed by atoms with Crippen LogP contribution in [0.25, 0.3) is 0 Å². The third-order valence-electron chi connectivity index (χ3n) is 5.99. The van der Waals surface area contributed by atoms with Gasteiger partial charge in [0.2, 0.25) is 5.88 Å². The van der Waals surface area contributed by atoms with Crippen molar-refractivity contribution in [1.82, 2.24) is 14.8 Å². The van der Waals surface area contributed by atoms with Crippen LogP contribution >= 0.6 is 0 Å². The predicted molar refractivity (Wildman–Crippen MR) is 130 cm³/mol. The van der Waals surface area contributed by atoms with E-state index in [1.807, 2.05) is 20.9 Å². The molecule has 0 bridgehead atoms. The van der Waals surface area contributed by atoms with Gasteiger partial charge in [0.25, 0.3) is 5.91 Å². The Bertz CT molecular complexity index is 1030. The first kappa shape index (κ1) is 25.7. The second kappa shape index (κ2) is 12.0. The van der Waals surface area contributed by atoms with Gasteiger partial charge in [-0.3, -0.25) is 9.69 Å². The quantitative estimate of drug-likeness (QED) is 0.629. The Morgan fingerprint density at radius 1 is 1.35 bits per heavy atom. The molecule has 3 rings (SSSR count). The average molecular weight is 468 g/mol. The second-order valence-electron chi connectivity index (χ2n) is 9.07. The predicted octanol–water partition coefficient (Wildman–Crippen LogP) is 3.72. The van der Waals surface area contributed by atoms with Crippen molar-refractivity contribution in [2.24, 2.45) is 5.92 Å². The lowest BCUT2D eigenvalue weighted by Gasteiger charge is -2.37. The van der Waals surface area contributed by atoms with Gasteiger partial charge in [-0.05, 0) is 44.2 Å². The first-order valence-electron chi connectivity index (χ1n) is 11.8. The number of pyridine rings is 1. The fourth-order valence-corrected chi connectivity index (χ4v) is 3.95. The maximum absolute atomic E-state index is 13.4. The van der Waals surface area contributed by atoms with E-state index in [1.54, 1.807) is 29.3 Å². The van der Waals surface area contributed by atoms with Crippen LogP contribution in [-0.2, 0) is 6.54 Å². The van der Waals surface area contributed by atoms with E-state index in [0.717, 1.165) is 18.4 Å². The summed E-state index contributed by atoms with van der Waals surface area (Å²) in [5.74, 6) is 5.97. The van der Waals surface area contributed by atoms with E-state index in [9.17, 15) is 14.3 Å². The minimum absolute atomic E-state index is 0.00686. The van der Waals surface area contributed by atoms with Crippen LogP contribution in [0.2, 0.25) is 0 Å². The number of carbonyl (C=O) groups excluding carboxylic acids is 1. The summed E-state index contributed by atoms with van der Waals surface area (Å²) in [6.45, 7) is 7.47. The number of aliphatic hydroxyl groups excluding tert-OH is 1. The standard InChI is InChI=1S/C27H34FN3O3/c1-5-6-7-8-22-13-24-26(29-14-22)34-25(19(2)15-31(27(24)33)20(3)18-32)17-30(4)16-21-9-11-23(28)12-10-21/h9-14,19-20,25,32H,5-6,15-18H2,1-4H3/t19-,20+,25-/m0/s1. The zero-order chi connectivity index (χ0) is 24.7. The van der Waals surface area contributed by atoms with Crippen LogP contribution in [0, 0.1) is 23.6 Å². The summed E-state index contributed by atoms with van der Waals surface area (Å²) in [6, 6.07) is 7.86. The van der Waals surface area contributed by atoms with Crippen molar-refractivity contribution in [3.8, 4) is 17.7 Å². The Kier molecular flexibility index (Phi) is 9.03. The number of unbranched alkanes of at least 4 members (excludes halogenated alkanes) is 1. The largest absolute Gasteiger partial charge is 0.472 e. The van der Waals surface area contributed by atoms with Crippen LogP contribution in [-0.4, -0.2) is 64.7 Å². The zero-order valence-corrected chi connectivity index (χ0v) is 20.4. The first-order chi connectivity index (χ1) is 16.3. The summed E-state index contributed by atoms with van der Waals surface area (Å²) in [6.07, 6.45) is 3.13. The summed E-state index contributed by atoms with van der Waals surface area (Å²) in [5, 5.41) is 9.80. The monoisotopic (exact) mass is 467 g/mol. The smallest absolute Gasteiger partial charge is 0.259 e. The third-order valence-corrected chi connectivity index (χ3v) is 5.99. The second-order valence-corrected chi connectivity index (χ2v) is 9.07. The normalized spacial score (nSPS) is 18.9. The van der Waals surface area contributed by atoms with Crippen LogP contribution in [0.4, 0.5) is 4.39 Å². The summed E-state index contributed by atoms with van der Waals surface area (Å²) in [7, 11) is 1.98. The molecule has 6 nitrogen and oxygen atoms in total. The average Bonchev–Trinajstić information content (AvgIpc) is 2.82. The molecule has 2 aromatic rings. The van der Waals surface area contributed by atoms with Gasteiger partial charge in [-0.1, -0.05) is 37.8 Å². The molecule has 0 unspecified atom stereocenters. The number of nitrogens with zero attached hydrogens (tertiary/aromatic N) is 3. The summed E-state index contributed by atoms with van der Waals surface area (Å²) >= 11 is 0. The number of rotatable bonds is 7. The number of fused-ring (bicyclic) bond motifs is 1. The van der Waals surface area contributed by atoms with Gasteiger partial charge in [-0.25, -0.2) is 9.37 Å². The number of ether oxygens (including phenoxy) is 1. The molecule has 3 atom stereocenters. The molecule has 1 aliphatic heterocycles. The maximum Gasteiger partial charge on any atom is 0.259 e. The van der Waals surface area contributed by atoms with Gasteiger partial charge in [-0.15, -0.1) is 0 Å². The van der Waals surface area contributed by atoms with Crippen LogP contribution < -0.4 is 4.74 Å². The SMILES string of the molecule is CCCC#Cc1cnc2c(c1)C(=O)N([C@H](C)CO)C[C@H](C)[C@H](CN(C)Cc1ccc(F)cc1)O2. The Hall–Kier alpha value is -2.95. The van der Waals surface area contributed by atoms with Gasteiger partial charge in [-0.2, -0.15) is 0 Å². The molecule has 0 fully saturated rings. The number of amides is 1. The molecule has 1 aromatic carbocycles. The fraction of sp³-hybridized carbons (Fsp3) is 0.481. The van der Waals surface area contributed by atoms with E-state index in [0.29, 0.717) is 30.8 Å². The van der Waals surface area contributed by atoms with Crippen molar-refractivity contribution in [1.29, 1.82) is 0 Å². The molecule has 182 valence electrons. The molecule has 0 saturated heterocycles. The van der Waals surface area contributed by atoms with Gasteiger partial charge in [0, 0.05) is 43.7 Å². The van der Waals surface area contributed by atoms with Gasteiger partial charge < -0.3 is 14.7 Å². The van der Waals surface area contributed by atoms with Gasteiger partial charge in [0.05, 0.1) is 12.6 Å². The topological polar surface area (TPSA) is 65.9 Å². The molecule has 2 heterocycles. The van der Waals surface area contributed by atoms with Gasteiger partial charge in [0.1, 0.15) is 17.5 Å². The van der Waals surface area contributed by atoms with E-state index in [2.05, 4.69) is 28.6 Å². The molecule has 0 radical (unpaired) electrons. The van der Waals surface area contributed by atoms with Crippen molar-refractivity contribution in [2.75, 3.05) is 26.7 Å². The number of carbonyl (C=O) groups is 1. The van der Waals surface area contributed by atoms with E-state index in [4.69, 9.17) is 4.74 Å². The van der Waals surface area contributed by atoms with Crippen LogP contribution in [0.1, 0.15) is 55.1 Å². The van der Waals surface area contributed by atoms with Gasteiger partial charge >= 0.3 is 0 Å². The molecular formula is C27H34FN3O3. The maximum atomic E-state index is 13.4. The molecule has 34 heavy (non-hydrogen) atoms. The highest BCUT2D eigenvalue weighted by Gasteiger charge is 2.34. The number of likely N-dealkylation sites (N-methyl/N-ethyl adjacent to an activating group) is 1. The Morgan fingerprint density at radius 3 is 2.76 bits per heavy atom. The lowest BCUT2D eigenvalue weighted by atomic mass is 9.99. The number of aliphatic hydroxyl groups is 1. The number of hydrogen-bond donors (Lipinski definition) is 1. The Morgan fingerprint density at radius 2 is 2.09 bits per heavy atom. The minimum Gasteiger partial charge on any atom is -0.472 e. The van der Waals surface area contributed by atoms with Crippen molar-refractivity contribution < 1.29 is 19.0 Å². The third kappa shape index (κ3) is 6.55. The first-order valence-corrected chi connectivity index (χ1v) is 11.8. The van der Waals surface area contributed by atoms with Crippen molar-refractivity contribution in [3.05, 3.63) is 59.0 Å².